The molecule has 112 valence electrons. The third kappa shape index (κ3) is 2.41. The summed E-state index contributed by atoms with van der Waals surface area (Å²) < 4.78 is 0. The van der Waals surface area contributed by atoms with Gasteiger partial charge in [0.15, 0.2) is 11.4 Å². The van der Waals surface area contributed by atoms with Crippen LogP contribution in [0, 0.1) is 5.41 Å². The summed E-state index contributed by atoms with van der Waals surface area (Å²) in [5, 5.41) is 0. The van der Waals surface area contributed by atoms with Gasteiger partial charge in [-0.05, 0) is 19.8 Å². The van der Waals surface area contributed by atoms with E-state index >= 15 is 0 Å². The van der Waals surface area contributed by atoms with Gasteiger partial charge < -0.3 is 9.88 Å². The highest BCUT2D eigenvalue weighted by atomic mass is 16.1. The zero-order valence-corrected chi connectivity index (χ0v) is 13.1. The number of fused-ring (bicyclic) bond motifs is 1. The van der Waals surface area contributed by atoms with Crippen LogP contribution >= 0.6 is 0 Å². The lowest BCUT2D eigenvalue weighted by Gasteiger charge is -2.22. The average molecular weight is 286 g/mol. The second-order valence-corrected chi connectivity index (χ2v) is 6.89. The molecule has 0 spiro atoms. The predicted molar refractivity (Wildman–Crippen MR) is 83.7 cm³/mol. The van der Waals surface area contributed by atoms with E-state index in [0.717, 1.165) is 12.4 Å². The molecule has 3 heterocycles. The van der Waals surface area contributed by atoms with Crippen molar-refractivity contribution in [1.29, 1.82) is 0 Å². The molecule has 1 saturated heterocycles. The predicted octanol–water partition coefficient (Wildman–Crippen LogP) is 3.18. The van der Waals surface area contributed by atoms with Crippen molar-refractivity contribution in [3.05, 3.63) is 18.0 Å². The molecule has 1 unspecified atom stereocenters. The number of hydrogen-bond acceptors (Lipinski definition) is 4. The molecule has 2 aromatic heterocycles. The maximum atomic E-state index is 12.5. The molecular weight excluding hydrogens is 264 g/mol. The molecule has 5 heteroatoms. The molecule has 0 saturated carbocycles. The molecule has 1 aliphatic rings. The third-order valence-corrected chi connectivity index (χ3v) is 4.14. The fourth-order valence-electron chi connectivity index (χ4n) is 2.87. The first-order valence-electron chi connectivity index (χ1n) is 7.53. The summed E-state index contributed by atoms with van der Waals surface area (Å²) in [5.41, 5.74) is 1.58. The van der Waals surface area contributed by atoms with Crippen molar-refractivity contribution in [2.45, 2.75) is 46.6 Å². The van der Waals surface area contributed by atoms with Crippen molar-refractivity contribution in [1.82, 2.24) is 15.0 Å². The van der Waals surface area contributed by atoms with Crippen LogP contribution in [0.1, 0.15) is 50.9 Å². The van der Waals surface area contributed by atoms with Gasteiger partial charge in [0.1, 0.15) is 11.3 Å². The summed E-state index contributed by atoms with van der Waals surface area (Å²) >= 11 is 0. The van der Waals surface area contributed by atoms with Crippen LogP contribution in [0.3, 0.4) is 0 Å². The lowest BCUT2D eigenvalue weighted by molar-refractivity contribution is 0.0860. The Balaban J connectivity index is 2.06. The number of H-pyrrole nitrogens is 1. The van der Waals surface area contributed by atoms with Gasteiger partial charge in [-0.1, -0.05) is 20.8 Å². The van der Waals surface area contributed by atoms with Crippen LogP contribution in [0.5, 0.6) is 0 Å². The maximum Gasteiger partial charge on any atom is 0.171 e. The first-order valence-corrected chi connectivity index (χ1v) is 7.53. The minimum atomic E-state index is -0.423. The number of nitrogens with zero attached hydrogens (tertiary/aromatic N) is 3. The molecule has 5 nitrogen and oxygen atoms in total. The number of hydrogen-bond donors (Lipinski definition) is 1. The van der Waals surface area contributed by atoms with Gasteiger partial charge in [-0.15, -0.1) is 0 Å². The molecule has 0 amide bonds. The van der Waals surface area contributed by atoms with Gasteiger partial charge in [-0.3, -0.25) is 4.79 Å². The topological polar surface area (TPSA) is 61.9 Å². The molecule has 1 atom stereocenters. The molecular formula is C16H22N4O. The van der Waals surface area contributed by atoms with Crippen LogP contribution in [0.25, 0.3) is 11.2 Å². The van der Waals surface area contributed by atoms with Gasteiger partial charge >= 0.3 is 0 Å². The largest absolute Gasteiger partial charge is 0.353 e. The van der Waals surface area contributed by atoms with E-state index < -0.39 is 5.41 Å². The third-order valence-electron chi connectivity index (χ3n) is 4.14. The van der Waals surface area contributed by atoms with Crippen LogP contribution in [0.4, 0.5) is 5.82 Å². The molecule has 0 aliphatic carbocycles. The monoisotopic (exact) mass is 286 g/mol. The van der Waals surface area contributed by atoms with Gasteiger partial charge in [0.25, 0.3) is 0 Å². The van der Waals surface area contributed by atoms with E-state index in [2.05, 4.69) is 21.8 Å². The molecule has 3 rings (SSSR count). The summed E-state index contributed by atoms with van der Waals surface area (Å²) in [6.45, 7) is 8.99. The highest BCUT2D eigenvalue weighted by Gasteiger charge is 2.27. The lowest BCUT2D eigenvalue weighted by atomic mass is 9.87. The second-order valence-electron chi connectivity index (χ2n) is 6.89. The van der Waals surface area contributed by atoms with E-state index in [-0.39, 0.29) is 5.78 Å². The van der Waals surface area contributed by atoms with Crippen molar-refractivity contribution in [2.24, 2.45) is 5.41 Å². The normalized spacial score (nSPS) is 19.4. The minimum absolute atomic E-state index is 0.0923. The SMILES string of the molecule is CC1CCCN1c1cnc2[nH]cc(C(=O)C(C)(C)C)c2n1. The number of carbonyl (C=O) groups is 1. The highest BCUT2D eigenvalue weighted by molar-refractivity contribution is 6.08. The van der Waals surface area contributed by atoms with Gasteiger partial charge in [-0.25, -0.2) is 9.97 Å². The van der Waals surface area contributed by atoms with Gasteiger partial charge in [0, 0.05) is 24.2 Å². The average Bonchev–Trinajstić information content (AvgIpc) is 3.02. The zero-order valence-electron chi connectivity index (χ0n) is 13.1. The molecule has 0 bridgehead atoms. The summed E-state index contributed by atoms with van der Waals surface area (Å²) in [6.07, 6.45) is 5.89. The molecule has 0 radical (unpaired) electrons. The van der Waals surface area contributed by atoms with E-state index in [1.54, 1.807) is 12.4 Å². The first-order chi connectivity index (χ1) is 9.88. The van der Waals surface area contributed by atoms with Crippen molar-refractivity contribution in [2.75, 3.05) is 11.4 Å². The van der Waals surface area contributed by atoms with E-state index in [9.17, 15) is 4.79 Å². The Morgan fingerprint density at radius 1 is 1.43 bits per heavy atom. The number of nitrogens with one attached hydrogen (secondary N) is 1. The Bertz CT molecular complexity index is 683. The Morgan fingerprint density at radius 3 is 2.81 bits per heavy atom. The van der Waals surface area contributed by atoms with Crippen molar-refractivity contribution in [3.8, 4) is 0 Å². The standard InChI is InChI=1S/C16H22N4O/c1-10-6-5-7-20(10)12-9-18-15-13(19-12)11(8-17-15)14(21)16(2,3)4/h8-10H,5-7H2,1-4H3,(H,17,18). The smallest absolute Gasteiger partial charge is 0.171 e. The Kier molecular flexibility index (Phi) is 3.23. The van der Waals surface area contributed by atoms with E-state index in [1.807, 2.05) is 20.8 Å². The van der Waals surface area contributed by atoms with Crippen LogP contribution in [-0.2, 0) is 0 Å². The van der Waals surface area contributed by atoms with Crippen molar-refractivity contribution in [3.63, 3.8) is 0 Å². The number of anilines is 1. The molecule has 1 N–H and O–H groups in total. The van der Waals surface area contributed by atoms with Crippen molar-refractivity contribution < 1.29 is 4.79 Å². The van der Waals surface area contributed by atoms with Crippen LogP contribution in [-0.4, -0.2) is 33.3 Å². The molecule has 2 aromatic rings. The highest BCUT2D eigenvalue weighted by Crippen LogP contribution is 2.28. The summed E-state index contributed by atoms with van der Waals surface area (Å²) in [7, 11) is 0. The quantitative estimate of drug-likeness (QED) is 0.861. The van der Waals surface area contributed by atoms with Gasteiger partial charge in [-0.2, -0.15) is 0 Å². The van der Waals surface area contributed by atoms with E-state index in [0.29, 0.717) is 22.8 Å². The Labute approximate surface area is 124 Å². The molecule has 1 aliphatic heterocycles. The molecule has 21 heavy (non-hydrogen) atoms. The number of rotatable bonds is 2. The van der Waals surface area contributed by atoms with E-state index in [1.165, 1.54) is 12.8 Å². The minimum Gasteiger partial charge on any atom is -0.353 e. The number of Topliss-reactive ketones (excluding diaryl/α,β-unsaturated/α-hetero) is 1. The molecule has 1 fully saturated rings. The van der Waals surface area contributed by atoms with Crippen molar-refractivity contribution >= 4 is 22.8 Å². The van der Waals surface area contributed by atoms with Gasteiger partial charge in [0.05, 0.1) is 11.8 Å². The maximum absolute atomic E-state index is 12.5. The van der Waals surface area contributed by atoms with Gasteiger partial charge in [0.2, 0.25) is 0 Å². The molecule has 0 aromatic carbocycles. The number of carbonyl (C=O) groups excluding carboxylic acids is 1. The summed E-state index contributed by atoms with van der Waals surface area (Å²) in [4.78, 5) is 27.0. The first kappa shape index (κ1) is 14.0. The van der Waals surface area contributed by atoms with E-state index in [4.69, 9.17) is 4.98 Å². The summed E-state index contributed by atoms with van der Waals surface area (Å²) in [6, 6.07) is 0.484. The van der Waals surface area contributed by atoms with Crippen LogP contribution < -0.4 is 4.90 Å². The second kappa shape index (κ2) is 4.83. The van der Waals surface area contributed by atoms with Crippen LogP contribution in [0.2, 0.25) is 0 Å². The number of aromatic amines is 1. The number of aromatic nitrogens is 3. The van der Waals surface area contributed by atoms with Crippen LogP contribution in [0.15, 0.2) is 12.4 Å². The lowest BCUT2D eigenvalue weighted by Crippen LogP contribution is -2.27. The fourth-order valence-corrected chi connectivity index (χ4v) is 2.87. The zero-order chi connectivity index (χ0) is 15.2. The Hall–Kier alpha value is -1.91. The fraction of sp³-hybridized carbons (Fsp3) is 0.562. The Morgan fingerprint density at radius 2 is 2.19 bits per heavy atom. The number of ketones is 1. The summed E-state index contributed by atoms with van der Waals surface area (Å²) in [5.74, 6) is 0.963.